The smallest absolute Gasteiger partial charge is 0.246 e. The quantitative estimate of drug-likeness (QED) is 0.617. The summed E-state index contributed by atoms with van der Waals surface area (Å²) in [6.07, 6.45) is 5.63. The van der Waals surface area contributed by atoms with Gasteiger partial charge in [-0.05, 0) is 13.1 Å². The van der Waals surface area contributed by atoms with Crippen molar-refractivity contribution >= 4 is 11.9 Å². The van der Waals surface area contributed by atoms with Crippen molar-refractivity contribution in [2.45, 2.75) is 25.9 Å². The molecule has 0 spiro atoms. The van der Waals surface area contributed by atoms with Gasteiger partial charge in [0.2, 0.25) is 5.91 Å². The molecule has 1 heterocycles. The molecule has 2 unspecified atom stereocenters. The molecule has 0 aromatic rings. The number of fused-ring (bicyclic) bond motifs is 1. The lowest BCUT2D eigenvalue weighted by atomic mass is 9.95. The number of likely N-dealkylation sites (N-methyl/N-ethyl adjacent to an activating group) is 1. The Balaban J connectivity index is 1.93. The first-order valence-corrected chi connectivity index (χ1v) is 7.13. The Hall–Kier alpha value is -1.82. The first-order valence-electron chi connectivity index (χ1n) is 7.13. The standard InChI is InChI=1S/C14H23N5O/c1-3-19(4-2)9-8-16-14-17-11-7-5-6-10(13(15)20)12(11)18-14/h5-7,11-12H,3-4,8-9H2,1-2H3,(H2,15,20)(H2,16,17,18). The summed E-state index contributed by atoms with van der Waals surface area (Å²) in [4.78, 5) is 18.2. The molecular weight excluding hydrogens is 254 g/mol. The van der Waals surface area contributed by atoms with E-state index in [1.165, 1.54) is 0 Å². The van der Waals surface area contributed by atoms with E-state index in [9.17, 15) is 4.79 Å². The van der Waals surface area contributed by atoms with E-state index in [0.717, 1.165) is 32.1 Å². The molecule has 2 rings (SSSR count). The Kier molecular flexibility index (Phi) is 4.79. The second-order valence-electron chi connectivity index (χ2n) is 4.92. The van der Waals surface area contributed by atoms with Crippen molar-refractivity contribution in [1.29, 1.82) is 0 Å². The van der Waals surface area contributed by atoms with Crippen LogP contribution >= 0.6 is 0 Å². The van der Waals surface area contributed by atoms with Crippen LogP contribution in [0.4, 0.5) is 0 Å². The molecule has 2 atom stereocenters. The van der Waals surface area contributed by atoms with Gasteiger partial charge in [-0.25, -0.2) is 0 Å². The van der Waals surface area contributed by atoms with Gasteiger partial charge in [0.1, 0.15) is 0 Å². The maximum absolute atomic E-state index is 11.4. The van der Waals surface area contributed by atoms with E-state index >= 15 is 0 Å². The van der Waals surface area contributed by atoms with Crippen LogP contribution < -0.4 is 16.4 Å². The number of allylic oxidation sites excluding steroid dienone is 2. The monoisotopic (exact) mass is 277 g/mol. The lowest BCUT2D eigenvalue weighted by Gasteiger charge is -2.19. The minimum absolute atomic E-state index is 0.0507. The van der Waals surface area contributed by atoms with E-state index in [-0.39, 0.29) is 18.0 Å². The molecule has 1 aliphatic carbocycles. The second-order valence-corrected chi connectivity index (χ2v) is 4.92. The third kappa shape index (κ3) is 3.19. The van der Waals surface area contributed by atoms with E-state index in [2.05, 4.69) is 34.4 Å². The minimum atomic E-state index is -0.386. The average molecular weight is 277 g/mol. The number of nitrogens with one attached hydrogen (secondary N) is 2. The summed E-state index contributed by atoms with van der Waals surface area (Å²) in [5.41, 5.74) is 5.99. The van der Waals surface area contributed by atoms with Crippen LogP contribution in [0.15, 0.2) is 28.8 Å². The summed E-state index contributed by atoms with van der Waals surface area (Å²) in [6, 6.07) is -0.0561. The molecule has 20 heavy (non-hydrogen) atoms. The zero-order valence-corrected chi connectivity index (χ0v) is 12.1. The first-order chi connectivity index (χ1) is 9.65. The van der Waals surface area contributed by atoms with Crippen molar-refractivity contribution < 1.29 is 4.79 Å². The number of hydrogen-bond acceptors (Lipinski definition) is 3. The molecule has 1 amide bonds. The Morgan fingerprint density at radius 2 is 2.15 bits per heavy atom. The molecule has 0 aromatic carbocycles. The van der Waals surface area contributed by atoms with Crippen molar-refractivity contribution in [3.63, 3.8) is 0 Å². The summed E-state index contributed by atoms with van der Waals surface area (Å²) >= 11 is 0. The van der Waals surface area contributed by atoms with Crippen molar-refractivity contribution in [3.8, 4) is 0 Å². The highest BCUT2D eigenvalue weighted by Crippen LogP contribution is 2.17. The summed E-state index contributed by atoms with van der Waals surface area (Å²) < 4.78 is 0. The van der Waals surface area contributed by atoms with E-state index < -0.39 is 0 Å². The number of carbonyl (C=O) groups is 1. The largest absolute Gasteiger partial charge is 0.366 e. The predicted octanol–water partition coefficient (Wildman–Crippen LogP) is -0.404. The lowest BCUT2D eigenvalue weighted by Crippen LogP contribution is -2.40. The average Bonchev–Trinajstić information content (AvgIpc) is 2.85. The molecule has 0 aromatic heterocycles. The van der Waals surface area contributed by atoms with Crippen LogP contribution in [0.25, 0.3) is 0 Å². The number of primary amides is 1. The summed E-state index contributed by atoms with van der Waals surface area (Å²) in [5.74, 6) is 0.355. The number of nitrogens with two attached hydrogens (primary N) is 1. The van der Waals surface area contributed by atoms with Crippen LogP contribution in [0, 0.1) is 0 Å². The van der Waals surface area contributed by atoms with Crippen molar-refractivity contribution in [2.24, 2.45) is 10.7 Å². The summed E-state index contributed by atoms with van der Waals surface area (Å²) in [5, 5.41) is 6.51. The van der Waals surface area contributed by atoms with Crippen LogP contribution in [0.1, 0.15) is 13.8 Å². The molecule has 0 saturated carbocycles. The van der Waals surface area contributed by atoms with Gasteiger partial charge in [0.25, 0.3) is 0 Å². The number of hydrogen-bond donors (Lipinski definition) is 3. The maximum Gasteiger partial charge on any atom is 0.246 e. The van der Waals surface area contributed by atoms with E-state index in [0.29, 0.717) is 5.57 Å². The van der Waals surface area contributed by atoms with Gasteiger partial charge in [0, 0.05) is 12.1 Å². The van der Waals surface area contributed by atoms with Gasteiger partial charge in [-0.3, -0.25) is 9.79 Å². The highest BCUT2D eigenvalue weighted by molar-refractivity contribution is 5.97. The van der Waals surface area contributed by atoms with Crippen LogP contribution in [-0.2, 0) is 4.79 Å². The van der Waals surface area contributed by atoms with Gasteiger partial charge in [-0.15, -0.1) is 0 Å². The maximum atomic E-state index is 11.4. The van der Waals surface area contributed by atoms with E-state index in [1.54, 1.807) is 6.08 Å². The zero-order valence-electron chi connectivity index (χ0n) is 12.1. The minimum Gasteiger partial charge on any atom is -0.366 e. The Bertz CT molecular complexity index is 450. The fourth-order valence-electron chi connectivity index (χ4n) is 2.50. The number of aliphatic imine (C=N–C) groups is 1. The molecule has 1 saturated heterocycles. The fraction of sp³-hybridized carbons (Fsp3) is 0.571. The number of amides is 1. The number of guanidine groups is 1. The molecule has 6 nitrogen and oxygen atoms in total. The molecule has 6 heteroatoms. The van der Waals surface area contributed by atoms with Crippen molar-refractivity contribution in [2.75, 3.05) is 26.2 Å². The number of carbonyl (C=O) groups excluding carboxylic acids is 1. The summed E-state index contributed by atoms with van der Waals surface area (Å²) in [6.45, 7) is 8.02. The van der Waals surface area contributed by atoms with E-state index in [4.69, 9.17) is 5.73 Å². The molecule has 4 N–H and O–H groups in total. The van der Waals surface area contributed by atoms with Gasteiger partial charge < -0.3 is 21.3 Å². The SMILES string of the molecule is CCN(CC)CCN=C1NC2C=CC=C(C(N)=O)C2N1. The number of rotatable bonds is 6. The number of nitrogens with zero attached hydrogens (tertiary/aromatic N) is 2. The zero-order chi connectivity index (χ0) is 14.5. The van der Waals surface area contributed by atoms with Crippen LogP contribution in [0.2, 0.25) is 0 Å². The third-order valence-corrected chi connectivity index (χ3v) is 3.75. The molecule has 0 radical (unpaired) electrons. The van der Waals surface area contributed by atoms with Gasteiger partial charge in [-0.2, -0.15) is 0 Å². The highest BCUT2D eigenvalue weighted by atomic mass is 16.1. The molecule has 1 aliphatic heterocycles. The van der Waals surface area contributed by atoms with Crippen LogP contribution in [0.3, 0.4) is 0 Å². The Morgan fingerprint density at radius 3 is 2.80 bits per heavy atom. The Morgan fingerprint density at radius 1 is 1.40 bits per heavy atom. The molecule has 0 bridgehead atoms. The van der Waals surface area contributed by atoms with Crippen LogP contribution in [0.5, 0.6) is 0 Å². The normalized spacial score (nSPS) is 26.1. The topological polar surface area (TPSA) is 82.8 Å². The highest BCUT2D eigenvalue weighted by Gasteiger charge is 2.34. The fourth-order valence-corrected chi connectivity index (χ4v) is 2.50. The van der Waals surface area contributed by atoms with E-state index in [1.807, 2.05) is 12.2 Å². The van der Waals surface area contributed by atoms with Gasteiger partial charge in [-0.1, -0.05) is 32.1 Å². The Labute approximate surface area is 119 Å². The van der Waals surface area contributed by atoms with Crippen molar-refractivity contribution in [3.05, 3.63) is 23.8 Å². The predicted molar refractivity (Wildman–Crippen MR) is 80.4 cm³/mol. The van der Waals surface area contributed by atoms with Gasteiger partial charge in [0.05, 0.1) is 18.6 Å². The second kappa shape index (κ2) is 6.56. The molecule has 110 valence electrons. The molecule has 2 aliphatic rings. The summed E-state index contributed by atoms with van der Waals surface area (Å²) in [7, 11) is 0. The first kappa shape index (κ1) is 14.6. The van der Waals surface area contributed by atoms with Crippen molar-refractivity contribution in [1.82, 2.24) is 15.5 Å². The molecular formula is C14H23N5O. The lowest BCUT2D eigenvalue weighted by molar-refractivity contribution is -0.114. The molecule has 1 fully saturated rings. The van der Waals surface area contributed by atoms with Gasteiger partial charge in [0.15, 0.2) is 5.96 Å². The van der Waals surface area contributed by atoms with Gasteiger partial charge >= 0.3 is 0 Å². The van der Waals surface area contributed by atoms with Crippen LogP contribution in [-0.4, -0.2) is 55.0 Å². The third-order valence-electron chi connectivity index (χ3n) is 3.75.